The lowest BCUT2D eigenvalue weighted by Gasteiger charge is -2.30. The number of ketones is 1. The highest BCUT2D eigenvalue weighted by atomic mass is 16.5. The lowest BCUT2D eigenvalue weighted by atomic mass is 10.0. The molecule has 1 aliphatic heterocycles. The van der Waals surface area contributed by atoms with Crippen LogP contribution < -0.4 is 15.0 Å². The van der Waals surface area contributed by atoms with E-state index >= 15 is 0 Å². The van der Waals surface area contributed by atoms with E-state index in [1.54, 1.807) is 13.3 Å². The molecule has 1 aromatic heterocycles. The number of carbonyl (C=O) groups excluding carboxylic acids is 1. The van der Waals surface area contributed by atoms with Crippen molar-refractivity contribution in [2.75, 3.05) is 30.4 Å². The molecule has 1 N–H and O–H groups in total. The van der Waals surface area contributed by atoms with E-state index in [0.717, 1.165) is 47.0 Å². The van der Waals surface area contributed by atoms with E-state index in [2.05, 4.69) is 27.8 Å². The van der Waals surface area contributed by atoms with Crippen LogP contribution in [0.4, 0.5) is 17.3 Å². The highest BCUT2D eigenvalue weighted by Crippen LogP contribution is 2.34. The maximum atomic E-state index is 11.7. The Labute approximate surface area is 189 Å². The third kappa shape index (κ3) is 5.14. The summed E-state index contributed by atoms with van der Waals surface area (Å²) in [5.41, 5.74) is 4.66. The van der Waals surface area contributed by atoms with E-state index in [1.165, 1.54) is 25.3 Å². The largest absolute Gasteiger partial charge is 0.495 e. The molecule has 4 rings (SSSR count). The number of rotatable bonds is 8. The minimum absolute atomic E-state index is 0.00351. The number of hydrogen-bond acceptors (Lipinski definition) is 6. The van der Waals surface area contributed by atoms with Crippen LogP contribution >= 0.6 is 0 Å². The second-order valence-electron chi connectivity index (χ2n) is 7.87. The molecule has 2 aromatic carbocycles. The minimum Gasteiger partial charge on any atom is -0.495 e. The summed E-state index contributed by atoms with van der Waals surface area (Å²) in [5, 5.41) is 3.33. The second-order valence-corrected chi connectivity index (χ2v) is 7.87. The number of carbonyl (C=O) groups is 1. The van der Waals surface area contributed by atoms with Crippen molar-refractivity contribution in [3.05, 3.63) is 72.9 Å². The van der Waals surface area contributed by atoms with Crippen molar-refractivity contribution in [1.29, 1.82) is 0 Å². The molecular weight excluding hydrogens is 400 g/mol. The number of hydrogen-bond donors (Lipinski definition) is 1. The number of nitrogens with one attached hydrogen (secondary N) is 1. The second kappa shape index (κ2) is 10.1. The third-order valence-corrected chi connectivity index (χ3v) is 5.62. The first kappa shape index (κ1) is 21.6. The number of methoxy groups -OCH3 is 1. The lowest BCUT2D eigenvalue weighted by Crippen LogP contribution is -2.29. The summed E-state index contributed by atoms with van der Waals surface area (Å²) in [5.74, 6) is 1.39. The Morgan fingerprint density at radius 2 is 2.00 bits per heavy atom. The van der Waals surface area contributed by atoms with Gasteiger partial charge in [0.05, 0.1) is 18.5 Å². The van der Waals surface area contributed by atoms with E-state index in [1.807, 2.05) is 42.5 Å². The van der Waals surface area contributed by atoms with Gasteiger partial charge in [-0.25, -0.2) is 9.97 Å². The van der Waals surface area contributed by atoms with Crippen molar-refractivity contribution < 1.29 is 9.53 Å². The van der Waals surface area contributed by atoms with Crippen LogP contribution in [0.2, 0.25) is 0 Å². The molecule has 3 aromatic rings. The van der Waals surface area contributed by atoms with Gasteiger partial charge in [0.25, 0.3) is 0 Å². The Morgan fingerprint density at radius 3 is 2.78 bits per heavy atom. The SMILES string of the molecule is C=CC(=O)Cc1cccc(-c2ccnc(Nc3ccc(OC)c(N4CCCCC4)c3)n2)c1. The molecule has 164 valence electrons. The van der Waals surface area contributed by atoms with Gasteiger partial charge in [-0.05, 0) is 61.2 Å². The van der Waals surface area contributed by atoms with Crippen molar-refractivity contribution in [3.8, 4) is 17.0 Å². The van der Waals surface area contributed by atoms with Gasteiger partial charge in [-0.3, -0.25) is 4.79 Å². The Kier molecular flexibility index (Phi) is 6.80. The van der Waals surface area contributed by atoms with Crippen LogP contribution in [0.25, 0.3) is 11.3 Å². The molecule has 0 aliphatic carbocycles. The molecule has 1 aliphatic rings. The number of benzene rings is 2. The highest BCUT2D eigenvalue weighted by molar-refractivity contribution is 5.91. The number of anilines is 3. The summed E-state index contributed by atoms with van der Waals surface area (Å²) in [7, 11) is 1.71. The zero-order chi connectivity index (χ0) is 22.3. The minimum atomic E-state index is -0.00351. The van der Waals surface area contributed by atoms with Gasteiger partial charge in [0.15, 0.2) is 5.78 Å². The molecule has 0 atom stereocenters. The van der Waals surface area contributed by atoms with Crippen LogP contribution in [-0.2, 0) is 11.2 Å². The molecule has 6 heteroatoms. The average Bonchev–Trinajstić information content (AvgIpc) is 2.85. The first-order valence-corrected chi connectivity index (χ1v) is 10.9. The van der Waals surface area contributed by atoms with Crippen LogP contribution in [-0.4, -0.2) is 36.0 Å². The summed E-state index contributed by atoms with van der Waals surface area (Å²) in [6.07, 6.45) is 7.10. The van der Waals surface area contributed by atoms with E-state index in [4.69, 9.17) is 9.72 Å². The predicted octanol–water partition coefficient (Wildman–Crippen LogP) is 5.18. The number of aromatic nitrogens is 2. The fourth-order valence-corrected chi connectivity index (χ4v) is 3.97. The van der Waals surface area contributed by atoms with Crippen molar-refractivity contribution >= 4 is 23.1 Å². The Morgan fingerprint density at radius 1 is 1.16 bits per heavy atom. The zero-order valence-corrected chi connectivity index (χ0v) is 18.4. The topological polar surface area (TPSA) is 67.3 Å². The number of ether oxygens (including phenoxy) is 1. The number of allylic oxidation sites excluding steroid dienone is 1. The first-order valence-electron chi connectivity index (χ1n) is 10.9. The fraction of sp³-hybridized carbons (Fsp3) is 0.269. The van der Waals surface area contributed by atoms with Gasteiger partial charge >= 0.3 is 0 Å². The monoisotopic (exact) mass is 428 g/mol. The Balaban J connectivity index is 1.56. The van der Waals surface area contributed by atoms with Crippen LogP contribution in [0.15, 0.2) is 67.4 Å². The summed E-state index contributed by atoms with van der Waals surface area (Å²) in [4.78, 5) is 23.2. The molecular formula is C26H28N4O2. The maximum Gasteiger partial charge on any atom is 0.227 e. The number of nitrogens with zero attached hydrogens (tertiary/aromatic N) is 3. The Bertz CT molecular complexity index is 1110. The molecule has 2 heterocycles. The summed E-state index contributed by atoms with van der Waals surface area (Å²) in [6, 6.07) is 15.8. The molecule has 1 saturated heterocycles. The molecule has 32 heavy (non-hydrogen) atoms. The van der Waals surface area contributed by atoms with Crippen molar-refractivity contribution in [2.45, 2.75) is 25.7 Å². The standard InChI is InChI=1S/C26H28N4O2/c1-3-22(31)17-19-8-7-9-20(16-19)23-12-13-27-26(29-23)28-21-10-11-25(32-2)24(18-21)30-14-5-4-6-15-30/h3,7-13,16,18H,1,4-6,14-15,17H2,2H3,(H,27,28,29). The molecule has 1 fully saturated rings. The van der Waals surface area contributed by atoms with Crippen LogP contribution in [0.3, 0.4) is 0 Å². The van der Waals surface area contributed by atoms with Gasteiger partial charge < -0.3 is 15.0 Å². The van der Waals surface area contributed by atoms with Crippen LogP contribution in [0.5, 0.6) is 5.75 Å². The molecule has 0 saturated carbocycles. The molecule has 0 spiro atoms. The van der Waals surface area contributed by atoms with E-state index < -0.39 is 0 Å². The number of piperidine rings is 1. The summed E-state index contributed by atoms with van der Waals surface area (Å²) >= 11 is 0. The van der Waals surface area contributed by atoms with Gasteiger partial charge in [0.1, 0.15) is 5.75 Å². The van der Waals surface area contributed by atoms with Gasteiger partial charge in [-0.2, -0.15) is 0 Å². The molecule has 0 amide bonds. The average molecular weight is 429 g/mol. The van der Waals surface area contributed by atoms with Gasteiger partial charge in [0.2, 0.25) is 5.95 Å². The smallest absolute Gasteiger partial charge is 0.227 e. The molecule has 0 radical (unpaired) electrons. The van der Waals surface area contributed by atoms with Gasteiger partial charge in [-0.15, -0.1) is 0 Å². The summed E-state index contributed by atoms with van der Waals surface area (Å²) in [6.45, 7) is 5.62. The van der Waals surface area contributed by atoms with E-state index in [0.29, 0.717) is 12.4 Å². The van der Waals surface area contributed by atoms with Crippen molar-refractivity contribution in [3.63, 3.8) is 0 Å². The fourth-order valence-electron chi connectivity index (χ4n) is 3.97. The lowest BCUT2D eigenvalue weighted by molar-refractivity contribution is -0.114. The summed E-state index contributed by atoms with van der Waals surface area (Å²) < 4.78 is 5.60. The van der Waals surface area contributed by atoms with Crippen molar-refractivity contribution in [1.82, 2.24) is 9.97 Å². The maximum absolute atomic E-state index is 11.7. The highest BCUT2D eigenvalue weighted by Gasteiger charge is 2.16. The molecule has 0 bridgehead atoms. The van der Waals surface area contributed by atoms with Crippen LogP contribution in [0.1, 0.15) is 24.8 Å². The van der Waals surface area contributed by atoms with Crippen LogP contribution in [0, 0.1) is 0 Å². The van der Waals surface area contributed by atoms with E-state index in [9.17, 15) is 4.79 Å². The van der Waals surface area contributed by atoms with Crippen molar-refractivity contribution in [2.24, 2.45) is 0 Å². The molecule has 0 unspecified atom stereocenters. The van der Waals surface area contributed by atoms with Gasteiger partial charge in [-0.1, -0.05) is 24.8 Å². The first-order chi connectivity index (χ1) is 15.7. The third-order valence-electron chi connectivity index (χ3n) is 5.62. The predicted molar refractivity (Wildman–Crippen MR) is 129 cm³/mol. The normalized spacial score (nSPS) is 13.5. The Hall–Kier alpha value is -3.67. The quantitative estimate of drug-likeness (QED) is 0.499. The zero-order valence-electron chi connectivity index (χ0n) is 18.4. The van der Waals surface area contributed by atoms with E-state index in [-0.39, 0.29) is 5.78 Å². The molecule has 6 nitrogen and oxygen atoms in total. The van der Waals surface area contributed by atoms with Gasteiger partial charge in [0, 0.05) is 37.0 Å².